The van der Waals surface area contributed by atoms with Crippen molar-refractivity contribution in [1.82, 2.24) is 20.5 Å². The van der Waals surface area contributed by atoms with Gasteiger partial charge in [-0.05, 0) is 39.2 Å². The average molecular weight is 263 g/mol. The molecule has 2 heterocycles. The van der Waals surface area contributed by atoms with E-state index in [0.29, 0.717) is 6.04 Å². The van der Waals surface area contributed by atoms with Crippen molar-refractivity contribution in [2.24, 2.45) is 0 Å². The summed E-state index contributed by atoms with van der Waals surface area (Å²) in [5, 5.41) is 12.2. The number of anilines is 1. The Balaban J connectivity index is 2.22. The molecule has 5 nitrogen and oxygen atoms in total. The normalized spacial score (nSPS) is 19.4. The summed E-state index contributed by atoms with van der Waals surface area (Å²) in [5.41, 5.74) is 2.12. The van der Waals surface area contributed by atoms with Crippen molar-refractivity contribution in [3.8, 4) is 0 Å². The molecule has 0 aromatic carbocycles. The first-order valence-electron chi connectivity index (χ1n) is 7.49. The third-order valence-corrected chi connectivity index (χ3v) is 3.81. The van der Waals surface area contributed by atoms with E-state index in [1.165, 1.54) is 12.8 Å². The van der Waals surface area contributed by atoms with Gasteiger partial charge in [-0.15, -0.1) is 5.10 Å². The number of piperidine rings is 1. The Labute approximate surface area is 115 Å². The highest BCUT2D eigenvalue weighted by Gasteiger charge is 2.22. The molecule has 1 N–H and O–H groups in total. The zero-order valence-electron chi connectivity index (χ0n) is 12.3. The Hall–Kier alpha value is -1.23. The van der Waals surface area contributed by atoms with Crippen LogP contribution in [-0.2, 0) is 12.8 Å². The van der Waals surface area contributed by atoms with E-state index in [1.54, 1.807) is 0 Å². The standard InChI is InChI=1S/C14H25N5/c1-4-12-13(5-2)17-18-14(16-12)19(6-3)11-8-7-9-15-10-11/h11,15H,4-10H2,1-3H3. The average Bonchev–Trinajstić information content (AvgIpc) is 2.49. The van der Waals surface area contributed by atoms with Gasteiger partial charge >= 0.3 is 0 Å². The quantitative estimate of drug-likeness (QED) is 0.874. The molecular weight excluding hydrogens is 238 g/mol. The van der Waals surface area contributed by atoms with E-state index in [-0.39, 0.29) is 0 Å². The van der Waals surface area contributed by atoms with Gasteiger partial charge < -0.3 is 10.2 Å². The molecule has 19 heavy (non-hydrogen) atoms. The summed E-state index contributed by atoms with van der Waals surface area (Å²) >= 11 is 0. The fraction of sp³-hybridized carbons (Fsp3) is 0.786. The highest BCUT2D eigenvalue weighted by atomic mass is 15.3. The highest BCUT2D eigenvalue weighted by Crippen LogP contribution is 2.17. The van der Waals surface area contributed by atoms with Gasteiger partial charge in [-0.25, -0.2) is 4.98 Å². The largest absolute Gasteiger partial charge is 0.336 e. The molecule has 1 aromatic rings. The van der Waals surface area contributed by atoms with Gasteiger partial charge in [-0.3, -0.25) is 0 Å². The van der Waals surface area contributed by atoms with Crippen LogP contribution in [0.25, 0.3) is 0 Å². The molecular formula is C14H25N5. The summed E-state index contributed by atoms with van der Waals surface area (Å²) in [4.78, 5) is 7.02. The highest BCUT2D eigenvalue weighted by molar-refractivity contribution is 5.32. The molecule has 1 aliphatic rings. The van der Waals surface area contributed by atoms with Crippen molar-refractivity contribution in [3.63, 3.8) is 0 Å². The zero-order valence-corrected chi connectivity index (χ0v) is 12.3. The number of rotatable bonds is 5. The number of hydrogen-bond acceptors (Lipinski definition) is 5. The lowest BCUT2D eigenvalue weighted by Gasteiger charge is -2.33. The topological polar surface area (TPSA) is 53.9 Å². The van der Waals surface area contributed by atoms with Gasteiger partial charge in [0.25, 0.3) is 0 Å². The van der Waals surface area contributed by atoms with Gasteiger partial charge in [0.2, 0.25) is 5.95 Å². The minimum atomic E-state index is 0.498. The maximum Gasteiger partial charge on any atom is 0.245 e. The molecule has 1 aromatic heterocycles. The first-order valence-corrected chi connectivity index (χ1v) is 7.49. The van der Waals surface area contributed by atoms with Gasteiger partial charge in [0, 0.05) is 19.1 Å². The summed E-state index contributed by atoms with van der Waals surface area (Å²) in [6.45, 7) is 9.48. The van der Waals surface area contributed by atoms with Crippen LogP contribution in [0.15, 0.2) is 0 Å². The van der Waals surface area contributed by atoms with Crippen molar-refractivity contribution in [1.29, 1.82) is 0 Å². The smallest absolute Gasteiger partial charge is 0.245 e. The van der Waals surface area contributed by atoms with Gasteiger partial charge in [0.1, 0.15) is 0 Å². The van der Waals surface area contributed by atoms with Gasteiger partial charge in [0.05, 0.1) is 11.4 Å². The monoisotopic (exact) mass is 263 g/mol. The van der Waals surface area contributed by atoms with E-state index in [2.05, 4.69) is 41.2 Å². The van der Waals surface area contributed by atoms with Gasteiger partial charge in [-0.1, -0.05) is 13.8 Å². The first kappa shape index (κ1) is 14.2. The lowest BCUT2D eigenvalue weighted by atomic mass is 10.1. The number of nitrogens with one attached hydrogen (secondary N) is 1. The molecule has 1 unspecified atom stereocenters. The molecule has 1 atom stereocenters. The summed E-state index contributed by atoms with van der Waals surface area (Å²) in [6.07, 6.45) is 4.26. The van der Waals surface area contributed by atoms with Crippen LogP contribution in [0.4, 0.5) is 5.95 Å². The third-order valence-electron chi connectivity index (χ3n) is 3.81. The van der Waals surface area contributed by atoms with Crippen LogP contribution >= 0.6 is 0 Å². The molecule has 0 radical (unpaired) electrons. The Morgan fingerprint density at radius 2 is 1.95 bits per heavy atom. The predicted molar refractivity (Wildman–Crippen MR) is 77.5 cm³/mol. The van der Waals surface area contributed by atoms with Gasteiger partial charge in [0.15, 0.2) is 0 Å². The molecule has 2 rings (SSSR count). The SMILES string of the molecule is CCc1nnc(N(CC)C2CCCNC2)nc1CC. The van der Waals surface area contributed by atoms with E-state index in [4.69, 9.17) is 4.98 Å². The van der Waals surface area contributed by atoms with E-state index in [0.717, 1.165) is 49.8 Å². The Bertz CT molecular complexity index is 401. The van der Waals surface area contributed by atoms with E-state index in [1.807, 2.05) is 0 Å². The van der Waals surface area contributed by atoms with Crippen LogP contribution < -0.4 is 10.2 Å². The van der Waals surface area contributed by atoms with Crippen molar-refractivity contribution < 1.29 is 0 Å². The van der Waals surface area contributed by atoms with Crippen LogP contribution in [0.2, 0.25) is 0 Å². The third kappa shape index (κ3) is 3.21. The summed E-state index contributed by atoms with van der Waals surface area (Å²) < 4.78 is 0. The number of hydrogen-bond donors (Lipinski definition) is 1. The lowest BCUT2D eigenvalue weighted by molar-refractivity contribution is 0.429. The Kier molecular flexibility index (Phi) is 5.07. The molecule has 1 aliphatic heterocycles. The summed E-state index contributed by atoms with van der Waals surface area (Å²) in [6, 6.07) is 0.498. The lowest BCUT2D eigenvalue weighted by Crippen LogP contribution is -2.47. The zero-order chi connectivity index (χ0) is 13.7. The Morgan fingerprint density at radius 3 is 2.53 bits per heavy atom. The molecule has 0 spiro atoms. The fourth-order valence-corrected chi connectivity index (χ4v) is 2.71. The second-order valence-corrected chi connectivity index (χ2v) is 5.00. The van der Waals surface area contributed by atoms with Crippen LogP contribution in [0.1, 0.15) is 45.0 Å². The second kappa shape index (κ2) is 6.80. The van der Waals surface area contributed by atoms with Crippen LogP contribution in [0, 0.1) is 0 Å². The summed E-state index contributed by atoms with van der Waals surface area (Å²) in [5.74, 6) is 0.797. The van der Waals surface area contributed by atoms with E-state index < -0.39 is 0 Å². The number of likely N-dealkylation sites (N-methyl/N-ethyl adjacent to an activating group) is 1. The van der Waals surface area contributed by atoms with E-state index in [9.17, 15) is 0 Å². The fourth-order valence-electron chi connectivity index (χ4n) is 2.71. The number of nitrogens with zero attached hydrogens (tertiary/aromatic N) is 4. The van der Waals surface area contributed by atoms with Gasteiger partial charge in [-0.2, -0.15) is 5.10 Å². The molecule has 1 saturated heterocycles. The molecule has 0 amide bonds. The van der Waals surface area contributed by atoms with Crippen molar-refractivity contribution in [3.05, 3.63) is 11.4 Å². The predicted octanol–water partition coefficient (Wildman–Crippen LogP) is 1.57. The minimum absolute atomic E-state index is 0.498. The van der Waals surface area contributed by atoms with Crippen LogP contribution in [0.3, 0.4) is 0 Å². The Morgan fingerprint density at radius 1 is 1.16 bits per heavy atom. The molecule has 106 valence electrons. The molecule has 5 heteroatoms. The number of aryl methyl sites for hydroxylation is 2. The second-order valence-electron chi connectivity index (χ2n) is 5.00. The summed E-state index contributed by atoms with van der Waals surface area (Å²) in [7, 11) is 0. The maximum atomic E-state index is 4.73. The first-order chi connectivity index (χ1) is 9.30. The number of aromatic nitrogens is 3. The molecule has 0 bridgehead atoms. The molecule has 1 fully saturated rings. The minimum Gasteiger partial charge on any atom is -0.336 e. The molecule has 0 saturated carbocycles. The van der Waals surface area contributed by atoms with Crippen LogP contribution in [0.5, 0.6) is 0 Å². The van der Waals surface area contributed by atoms with Crippen molar-refractivity contribution in [2.75, 3.05) is 24.5 Å². The van der Waals surface area contributed by atoms with E-state index >= 15 is 0 Å². The van der Waals surface area contributed by atoms with Crippen molar-refractivity contribution >= 4 is 5.95 Å². The molecule has 0 aliphatic carbocycles. The van der Waals surface area contributed by atoms with Crippen molar-refractivity contribution in [2.45, 2.75) is 52.5 Å². The van der Waals surface area contributed by atoms with Crippen LogP contribution in [-0.4, -0.2) is 40.9 Å². The maximum absolute atomic E-state index is 4.73.